The van der Waals surface area contributed by atoms with Gasteiger partial charge in [-0.05, 0) is 43.5 Å². The maximum Gasteiger partial charge on any atom is 0.338 e. The number of rotatable bonds is 5. The molecule has 0 spiro atoms. The molecule has 88 valence electrons. The van der Waals surface area contributed by atoms with Gasteiger partial charge in [-0.2, -0.15) is 0 Å². The zero-order chi connectivity index (χ0) is 12.0. The van der Waals surface area contributed by atoms with Crippen LogP contribution in [0, 0.1) is 0 Å². The number of ether oxygens (including phenoxy) is 1. The second kappa shape index (κ2) is 6.92. The minimum absolute atomic E-state index is 0.274. The van der Waals surface area contributed by atoms with Crippen LogP contribution in [-0.2, 0) is 11.2 Å². The maximum absolute atomic E-state index is 11.7. The van der Waals surface area contributed by atoms with E-state index in [1.165, 1.54) is 0 Å². The predicted octanol–water partition coefficient (Wildman–Crippen LogP) is 3.84. The first-order valence-electron chi connectivity index (χ1n) is 5.20. The van der Waals surface area contributed by atoms with Crippen LogP contribution in [0.15, 0.2) is 18.2 Å². The maximum atomic E-state index is 11.7. The highest BCUT2D eigenvalue weighted by Gasteiger charge is 2.12. The number of aryl methyl sites for hydroxylation is 1. The highest BCUT2D eigenvalue weighted by Crippen LogP contribution is 2.19. The number of hydrogen-bond donors (Lipinski definition) is 0. The lowest BCUT2D eigenvalue weighted by molar-refractivity contribution is 0.0525. The monoisotopic (exact) mass is 304 g/mol. The molecule has 0 unspecified atom stereocenters. The zero-order valence-corrected chi connectivity index (χ0v) is 11.5. The Morgan fingerprint density at radius 3 is 2.88 bits per heavy atom. The van der Waals surface area contributed by atoms with Gasteiger partial charge in [-0.25, -0.2) is 4.79 Å². The fourth-order valence-corrected chi connectivity index (χ4v) is 1.91. The Kier molecular flexibility index (Phi) is 5.85. The Bertz CT molecular complexity index is 366. The van der Waals surface area contributed by atoms with E-state index >= 15 is 0 Å². The normalized spacial score (nSPS) is 10.2. The lowest BCUT2D eigenvalue weighted by Gasteiger charge is -2.08. The molecule has 1 aromatic rings. The number of esters is 1. The quantitative estimate of drug-likeness (QED) is 0.610. The highest BCUT2D eigenvalue weighted by molar-refractivity contribution is 9.09. The van der Waals surface area contributed by atoms with Crippen LogP contribution in [0.1, 0.15) is 29.3 Å². The predicted molar refractivity (Wildman–Crippen MR) is 69.5 cm³/mol. The van der Waals surface area contributed by atoms with E-state index in [4.69, 9.17) is 16.3 Å². The van der Waals surface area contributed by atoms with Gasteiger partial charge in [0.1, 0.15) is 0 Å². The van der Waals surface area contributed by atoms with E-state index in [1.54, 1.807) is 19.1 Å². The van der Waals surface area contributed by atoms with Crippen LogP contribution in [0.25, 0.3) is 0 Å². The molecular formula is C12H14BrClO2. The first-order valence-corrected chi connectivity index (χ1v) is 6.70. The van der Waals surface area contributed by atoms with Crippen molar-refractivity contribution in [2.24, 2.45) is 0 Å². The topological polar surface area (TPSA) is 26.3 Å². The van der Waals surface area contributed by atoms with E-state index in [1.807, 2.05) is 6.07 Å². The van der Waals surface area contributed by atoms with Crippen LogP contribution in [0.2, 0.25) is 5.02 Å². The highest BCUT2D eigenvalue weighted by atomic mass is 79.9. The van der Waals surface area contributed by atoms with Gasteiger partial charge in [0.25, 0.3) is 0 Å². The third-order valence-corrected chi connectivity index (χ3v) is 2.94. The largest absolute Gasteiger partial charge is 0.462 e. The lowest BCUT2D eigenvalue weighted by atomic mass is 10.0. The van der Waals surface area contributed by atoms with E-state index in [-0.39, 0.29) is 5.97 Å². The Balaban J connectivity index is 2.92. The summed E-state index contributed by atoms with van der Waals surface area (Å²) in [6.07, 6.45) is 1.78. The molecule has 2 nitrogen and oxygen atoms in total. The summed E-state index contributed by atoms with van der Waals surface area (Å²) in [7, 11) is 0. The van der Waals surface area contributed by atoms with Gasteiger partial charge in [0.15, 0.2) is 0 Å². The van der Waals surface area contributed by atoms with E-state index in [0.29, 0.717) is 17.2 Å². The number of hydrogen-bond acceptors (Lipinski definition) is 2. The van der Waals surface area contributed by atoms with Crippen molar-refractivity contribution in [3.05, 3.63) is 34.3 Å². The van der Waals surface area contributed by atoms with E-state index in [9.17, 15) is 4.79 Å². The molecule has 0 aliphatic rings. The van der Waals surface area contributed by atoms with E-state index in [0.717, 1.165) is 23.7 Å². The molecule has 0 saturated carbocycles. The molecule has 0 saturated heterocycles. The molecule has 0 fully saturated rings. The molecule has 0 N–H and O–H groups in total. The van der Waals surface area contributed by atoms with E-state index in [2.05, 4.69) is 15.9 Å². The summed E-state index contributed by atoms with van der Waals surface area (Å²) >= 11 is 9.28. The SMILES string of the molecule is CCOC(=O)c1ccc(Cl)cc1CCCBr. The molecule has 1 aromatic carbocycles. The fraction of sp³-hybridized carbons (Fsp3) is 0.417. The molecule has 16 heavy (non-hydrogen) atoms. The molecule has 0 aliphatic carbocycles. The van der Waals surface area contributed by atoms with E-state index < -0.39 is 0 Å². The van der Waals surface area contributed by atoms with Crippen molar-refractivity contribution in [3.63, 3.8) is 0 Å². The van der Waals surface area contributed by atoms with Crippen molar-refractivity contribution in [2.45, 2.75) is 19.8 Å². The summed E-state index contributed by atoms with van der Waals surface area (Å²) in [5.74, 6) is -0.274. The molecule has 0 heterocycles. The van der Waals surface area contributed by atoms with Gasteiger partial charge >= 0.3 is 5.97 Å². The Labute approximate surface area is 109 Å². The van der Waals surface area contributed by atoms with Crippen LogP contribution in [0.3, 0.4) is 0 Å². The van der Waals surface area contributed by atoms with Gasteiger partial charge in [-0.1, -0.05) is 27.5 Å². The number of carbonyl (C=O) groups excluding carboxylic acids is 1. The van der Waals surface area contributed by atoms with Crippen molar-refractivity contribution in [2.75, 3.05) is 11.9 Å². The minimum atomic E-state index is -0.274. The minimum Gasteiger partial charge on any atom is -0.462 e. The van der Waals surface area contributed by atoms with Gasteiger partial charge in [-0.15, -0.1) is 0 Å². The lowest BCUT2D eigenvalue weighted by Crippen LogP contribution is -2.08. The van der Waals surface area contributed by atoms with Gasteiger partial charge in [0, 0.05) is 10.4 Å². The van der Waals surface area contributed by atoms with Gasteiger partial charge in [0.2, 0.25) is 0 Å². The van der Waals surface area contributed by atoms with Crippen LogP contribution in [0.5, 0.6) is 0 Å². The second-order valence-corrected chi connectivity index (χ2v) is 4.54. The smallest absolute Gasteiger partial charge is 0.338 e. The van der Waals surface area contributed by atoms with Crippen molar-refractivity contribution >= 4 is 33.5 Å². The van der Waals surface area contributed by atoms with Crippen molar-refractivity contribution in [3.8, 4) is 0 Å². The summed E-state index contributed by atoms with van der Waals surface area (Å²) in [5, 5.41) is 1.56. The van der Waals surface area contributed by atoms with Crippen LogP contribution < -0.4 is 0 Å². The molecule has 0 aromatic heterocycles. The zero-order valence-electron chi connectivity index (χ0n) is 9.13. The average molecular weight is 306 g/mol. The molecule has 0 aliphatic heterocycles. The first-order chi connectivity index (χ1) is 7.69. The number of carbonyl (C=O) groups is 1. The second-order valence-electron chi connectivity index (χ2n) is 3.31. The van der Waals surface area contributed by atoms with Gasteiger partial charge in [-0.3, -0.25) is 0 Å². The standard InChI is InChI=1S/C12H14BrClO2/c1-2-16-12(15)11-6-5-10(14)8-9(11)4-3-7-13/h5-6,8H,2-4,7H2,1H3. The van der Waals surface area contributed by atoms with Crippen molar-refractivity contribution < 1.29 is 9.53 Å². The number of benzene rings is 1. The molecule has 0 atom stereocenters. The summed E-state index contributed by atoms with van der Waals surface area (Å²) in [6, 6.07) is 5.27. The molecule has 0 bridgehead atoms. The van der Waals surface area contributed by atoms with Crippen LogP contribution in [0.4, 0.5) is 0 Å². The summed E-state index contributed by atoms with van der Waals surface area (Å²) in [4.78, 5) is 11.7. The van der Waals surface area contributed by atoms with Crippen molar-refractivity contribution in [1.82, 2.24) is 0 Å². The van der Waals surface area contributed by atoms with Gasteiger partial charge < -0.3 is 4.74 Å². The Hall–Kier alpha value is -0.540. The molecular weight excluding hydrogens is 291 g/mol. The summed E-state index contributed by atoms with van der Waals surface area (Å²) in [6.45, 7) is 2.19. The van der Waals surface area contributed by atoms with Crippen LogP contribution >= 0.6 is 27.5 Å². The fourth-order valence-electron chi connectivity index (χ4n) is 1.43. The first kappa shape index (κ1) is 13.5. The Morgan fingerprint density at radius 2 is 2.25 bits per heavy atom. The Morgan fingerprint density at radius 1 is 1.50 bits per heavy atom. The average Bonchev–Trinajstić information content (AvgIpc) is 2.26. The molecule has 0 radical (unpaired) electrons. The molecule has 4 heteroatoms. The van der Waals surface area contributed by atoms with Gasteiger partial charge in [0.05, 0.1) is 12.2 Å². The third kappa shape index (κ3) is 3.80. The molecule has 0 amide bonds. The molecule has 1 rings (SSSR count). The summed E-state index contributed by atoms with van der Waals surface area (Å²) in [5.41, 5.74) is 1.57. The van der Waals surface area contributed by atoms with Crippen LogP contribution in [-0.4, -0.2) is 17.9 Å². The van der Waals surface area contributed by atoms with Crippen molar-refractivity contribution in [1.29, 1.82) is 0 Å². The summed E-state index contributed by atoms with van der Waals surface area (Å²) < 4.78 is 4.99. The number of halogens is 2. The third-order valence-electron chi connectivity index (χ3n) is 2.14. The number of alkyl halides is 1.